The number of methoxy groups -OCH3 is 1. The van der Waals surface area contributed by atoms with Crippen LogP contribution in [0.5, 0.6) is 5.75 Å². The molecular formula is C24H21F6N3O4. The molecule has 0 radical (unpaired) electrons. The summed E-state index contributed by atoms with van der Waals surface area (Å²) in [7, 11) is 1.60. The number of rotatable bonds is 4. The number of H-pyrrole nitrogens is 1. The van der Waals surface area contributed by atoms with Gasteiger partial charge in [-0.25, -0.2) is 18.0 Å². The van der Waals surface area contributed by atoms with Crippen molar-refractivity contribution < 1.29 is 45.8 Å². The Morgan fingerprint density at radius 1 is 1.05 bits per heavy atom. The number of alkyl halides is 3. The lowest BCUT2D eigenvalue weighted by Gasteiger charge is -2.20. The molecule has 4 rings (SSSR count). The molecule has 1 aliphatic rings. The molecule has 0 unspecified atom stereocenters. The van der Waals surface area contributed by atoms with E-state index in [2.05, 4.69) is 10.2 Å². The number of carbonyl (C=O) groups is 2. The number of amides is 1. The number of hydrogen-bond acceptors (Lipinski definition) is 4. The van der Waals surface area contributed by atoms with Gasteiger partial charge in [-0.2, -0.15) is 18.3 Å². The quantitative estimate of drug-likeness (QED) is 0.492. The molecule has 1 aromatic heterocycles. The number of aromatic amines is 1. The molecule has 13 heteroatoms. The van der Waals surface area contributed by atoms with Crippen molar-refractivity contribution in [3.63, 3.8) is 0 Å². The summed E-state index contributed by atoms with van der Waals surface area (Å²) >= 11 is 0. The number of nitrogens with one attached hydrogen (secondary N) is 1. The minimum atomic E-state index is -5.08. The van der Waals surface area contributed by atoms with E-state index in [1.807, 2.05) is 24.3 Å². The summed E-state index contributed by atoms with van der Waals surface area (Å²) in [6.07, 6.45) is -4.42. The van der Waals surface area contributed by atoms with Crippen molar-refractivity contribution in [3.05, 3.63) is 70.7 Å². The van der Waals surface area contributed by atoms with Gasteiger partial charge in [-0.15, -0.1) is 0 Å². The lowest BCUT2D eigenvalue weighted by Crippen LogP contribution is -2.35. The molecule has 2 N–H and O–H groups in total. The van der Waals surface area contributed by atoms with Gasteiger partial charge in [0.05, 0.1) is 19.2 Å². The third kappa shape index (κ3) is 6.80. The van der Waals surface area contributed by atoms with E-state index in [0.717, 1.165) is 28.3 Å². The number of halogens is 6. The summed E-state index contributed by atoms with van der Waals surface area (Å²) in [5.74, 6) is -5.51. The number of aliphatic carboxylic acids is 1. The highest BCUT2D eigenvalue weighted by Crippen LogP contribution is 2.28. The van der Waals surface area contributed by atoms with Crippen molar-refractivity contribution in [1.29, 1.82) is 0 Å². The number of carboxylic acids is 1. The Balaban J connectivity index is 0.000000479. The maximum absolute atomic E-state index is 13.9. The number of carbonyl (C=O) groups excluding carboxylic acids is 1. The van der Waals surface area contributed by atoms with Crippen LogP contribution in [0, 0.1) is 17.5 Å². The van der Waals surface area contributed by atoms with Crippen LogP contribution in [0.25, 0.3) is 11.3 Å². The highest BCUT2D eigenvalue weighted by molar-refractivity contribution is 5.79. The third-order valence-electron chi connectivity index (χ3n) is 5.61. The normalized spacial score (nSPS) is 13.2. The second kappa shape index (κ2) is 11.4. The first-order chi connectivity index (χ1) is 17.4. The number of benzene rings is 2. The number of nitrogens with zero attached hydrogens (tertiary/aromatic N) is 2. The molecule has 0 fully saturated rings. The fourth-order valence-corrected chi connectivity index (χ4v) is 3.72. The summed E-state index contributed by atoms with van der Waals surface area (Å²) in [4.78, 5) is 23.1. The molecule has 0 aliphatic carbocycles. The summed E-state index contributed by atoms with van der Waals surface area (Å²) in [6, 6.07) is 8.73. The van der Waals surface area contributed by atoms with Gasteiger partial charge in [0.25, 0.3) is 0 Å². The Morgan fingerprint density at radius 3 is 2.16 bits per heavy atom. The minimum Gasteiger partial charge on any atom is -0.497 e. The zero-order valence-corrected chi connectivity index (χ0v) is 19.3. The molecule has 198 valence electrons. The average molecular weight is 529 g/mol. The van der Waals surface area contributed by atoms with Crippen molar-refractivity contribution in [2.24, 2.45) is 0 Å². The first-order valence-electron chi connectivity index (χ1n) is 10.8. The molecule has 7 nitrogen and oxygen atoms in total. The van der Waals surface area contributed by atoms with E-state index >= 15 is 0 Å². The van der Waals surface area contributed by atoms with Crippen LogP contribution in [0.3, 0.4) is 0 Å². The van der Waals surface area contributed by atoms with Gasteiger partial charge in [-0.3, -0.25) is 9.89 Å². The summed E-state index contributed by atoms with van der Waals surface area (Å²) in [6.45, 7) is 0.805. The van der Waals surface area contributed by atoms with Crippen LogP contribution in [0.15, 0.2) is 36.4 Å². The Hall–Kier alpha value is -4.03. The van der Waals surface area contributed by atoms with Gasteiger partial charge in [-0.1, -0.05) is 0 Å². The zero-order valence-electron chi connectivity index (χ0n) is 19.3. The fourth-order valence-electron chi connectivity index (χ4n) is 3.72. The molecule has 2 heterocycles. The Bertz CT molecular complexity index is 1250. The van der Waals surface area contributed by atoms with Gasteiger partial charge < -0.3 is 14.7 Å². The molecule has 0 saturated carbocycles. The molecule has 1 amide bonds. The maximum Gasteiger partial charge on any atom is 0.490 e. The van der Waals surface area contributed by atoms with E-state index in [0.29, 0.717) is 38.1 Å². The summed E-state index contributed by atoms with van der Waals surface area (Å²) in [5.41, 5.74) is 3.30. The zero-order chi connectivity index (χ0) is 27.3. The van der Waals surface area contributed by atoms with Crippen LogP contribution >= 0.6 is 0 Å². The predicted molar refractivity (Wildman–Crippen MR) is 118 cm³/mol. The third-order valence-corrected chi connectivity index (χ3v) is 5.61. The molecular weight excluding hydrogens is 508 g/mol. The van der Waals surface area contributed by atoms with Crippen molar-refractivity contribution in [1.82, 2.24) is 15.1 Å². The van der Waals surface area contributed by atoms with Crippen molar-refractivity contribution in [2.45, 2.75) is 25.4 Å². The Labute approximate surface area is 206 Å². The first kappa shape index (κ1) is 27.6. The van der Waals surface area contributed by atoms with Crippen LogP contribution in [-0.4, -0.2) is 58.5 Å². The van der Waals surface area contributed by atoms with E-state index in [1.165, 1.54) is 0 Å². The van der Waals surface area contributed by atoms with Crippen LogP contribution in [0.2, 0.25) is 0 Å². The molecule has 37 heavy (non-hydrogen) atoms. The Morgan fingerprint density at radius 2 is 1.62 bits per heavy atom. The molecule has 0 atom stereocenters. The number of fused-ring (bicyclic) bond motifs is 1. The van der Waals surface area contributed by atoms with E-state index in [1.54, 1.807) is 12.0 Å². The van der Waals surface area contributed by atoms with Gasteiger partial charge in [-0.05, 0) is 30.7 Å². The van der Waals surface area contributed by atoms with Crippen LogP contribution < -0.4 is 4.74 Å². The molecule has 0 bridgehead atoms. The van der Waals surface area contributed by atoms with Crippen molar-refractivity contribution >= 4 is 11.9 Å². The Kier molecular flexibility index (Phi) is 8.46. The lowest BCUT2D eigenvalue weighted by atomic mass is 10.0. The monoisotopic (exact) mass is 529 g/mol. The standard InChI is InChI=1S/C22H20F3N3O2.C2HF3O2/c1-30-15-4-2-13(3-5-15)22-16-6-8-28(9-7-20(16)26-27-22)21(29)12-17-18(24)10-14(23)11-19(17)25;3-2(4,5)1(6)7/h2-5,10-11H,6-9,12H2,1H3,(H,26,27);(H,6,7). The molecule has 3 aromatic rings. The minimum absolute atomic E-state index is 0.400. The lowest BCUT2D eigenvalue weighted by molar-refractivity contribution is -0.192. The van der Waals surface area contributed by atoms with E-state index in [-0.39, 0.29) is 0 Å². The number of carboxylic acid groups (broad SMARTS) is 1. The maximum atomic E-state index is 13.9. The number of aromatic nitrogens is 2. The van der Waals surface area contributed by atoms with Gasteiger partial charge in [0.15, 0.2) is 0 Å². The molecule has 0 saturated heterocycles. The largest absolute Gasteiger partial charge is 0.497 e. The van der Waals surface area contributed by atoms with Gasteiger partial charge in [0.1, 0.15) is 23.2 Å². The molecule has 1 aliphatic heterocycles. The molecule has 0 spiro atoms. The van der Waals surface area contributed by atoms with E-state index in [4.69, 9.17) is 14.6 Å². The topological polar surface area (TPSA) is 95.5 Å². The average Bonchev–Trinajstić information content (AvgIpc) is 3.11. The second-order valence-electron chi connectivity index (χ2n) is 7.97. The highest BCUT2D eigenvalue weighted by atomic mass is 19.4. The van der Waals surface area contributed by atoms with Crippen LogP contribution in [-0.2, 0) is 28.9 Å². The summed E-state index contributed by atoms with van der Waals surface area (Å²) < 4.78 is 77.8. The number of ether oxygens (including phenoxy) is 1. The smallest absolute Gasteiger partial charge is 0.490 e. The fraction of sp³-hybridized carbons (Fsp3) is 0.292. The summed E-state index contributed by atoms with van der Waals surface area (Å²) in [5, 5.41) is 14.6. The van der Waals surface area contributed by atoms with Crippen LogP contribution in [0.4, 0.5) is 26.3 Å². The first-order valence-corrected chi connectivity index (χ1v) is 10.8. The highest BCUT2D eigenvalue weighted by Gasteiger charge is 2.38. The SMILES string of the molecule is COc1ccc(-c2n[nH]c3c2CCN(C(=O)Cc2c(F)cc(F)cc2F)CC3)cc1.O=C(O)C(F)(F)F. The van der Waals surface area contributed by atoms with Gasteiger partial charge >= 0.3 is 12.1 Å². The van der Waals surface area contributed by atoms with Crippen LogP contribution in [0.1, 0.15) is 16.8 Å². The second-order valence-corrected chi connectivity index (χ2v) is 7.97. The van der Waals surface area contributed by atoms with Gasteiger partial charge in [0.2, 0.25) is 5.91 Å². The van der Waals surface area contributed by atoms with E-state index in [9.17, 15) is 31.1 Å². The van der Waals surface area contributed by atoms with Crippen molar-refractivity contribution in [2.75, 3.05) is 20.2 Å². The number of hydrogen-bond donors (Lipinski definition) is 2. The van der Waals surface area contributed by atoms with Crippen molar-refractivity contribution in [3.8, 4) is 17.0 Å². The van der Waals surface area contributed by atoms with Gasteiger partial charge in [0, 0.05) is 54.0 Å². The molecule has 2 aromatic carbocycles. The van der Waals surface area contributed by atoms with E-state index < -0.39 is 47.5 Å². The predicted octanol–water partition coefficient (Wildman–Crippen LogP) is 4.31.